The number of ether oxygens (including phenoxy) is 1. The highest BCUT2D eigenvalue weighted by atomic mass is 16.7. The molecule has 1 aromatic heterocycles. The molecule has 0 aliphatic carbocycles. The number of benzene rings is 2. The van der Waals surface area contributed by atoms with Gasteiger partial charge in [0.2, 0.25) is 0 Å². The van der Waals surface area contributed by atoms with Crippen LogP contribution in [0.15, 0.2) is 73.2 Å². The van der Waals surface area contributed by atoms with Gasteiger partial charge in [-0.3, -0.25) is 15.1 Å². The topological polar surface area (TPSA) is 85.6 Å². The number of aromatic nitrogens is 2. The third-order valence-corrected chi connectivity index (χ3v) is 4.51. The fourth-order valence-corrected chi connectivity index (χ4v) is 2.92. The van der Waals surface area contributed by atoms with E-state index in [1.165, 1.54) is 5.56 Å². The molecule has 30 heavy (non-hydrogen) atoms. The van der Waals surface area contributed by atoms with Crippen molar-refractivity contribution in [1.82, 2.24) is 15.3 Å². The summed E-state index contributed by atoms with van der Waals surface area (Å²) in [6, 6.07) is 15.5. The number of carbonyl (C=O) groups is 1. The average molecular weight is 407 g/mol. The summed E-state index contributed by atoms with van der Waals surface area (Å²) < 4.78 is 7.51. The lowest BCUT2D eigenvalue weighted by Crippen LogP contribution is -2.14. The Morgan fingerprint density at radius 2 is 2.00 bits per heavy atom. The molecule has 0 spiro atoms. The number of nitrogens with one attached hydrogen (secondary N) is 1. The van der Waals surface area contributed by atoms with Gasteiger partial charge in [-0.05, 0) is 54.3 Å². The normalized spacial score (nSPS) is 11.0. The summed E-state index contributed by atoms with van der Waals surface area (Å²) in [5, 5.41) is 13.2. The highest BCUT2D eigenvalue weighted by molar-refractivity contribution is 5.71. The Morgan fingerprint density at radius 3 is 2.73 bits per heavy atom. The molecule has 1 heterocycles. The fourth-order valence-electron chi connectivity index (χ4n) is 2.92. The molecule has 7 heteroatoms. The smallest absolute Gasteiger partial charge is 0.307 e. The largest absolute Gasteiger partial charge is 0.491 e. The number of hydrogen-bond acceptors (Lipinski definition) is 5. The molecule has 0 unspecified atom stereocenters. The first-order valence-electron chi connectivity index (χ1n) is 9.68. The van der Waals surface area contributed by atoms with E-state index >= 15 is 0 Å². The number of nitrogens with zero attached hydrogens (tertiary/aromatic N) is 2. The maximum Gasteiger partial charge on any atom is 0.307 e. The zero-order chi connectivity index (χ0) is 21.2. The molecule has 2 aromatic carbocycles. The van der Waals surface area contributed by atoms with Crippen LogP contribution < -0.4 is 10.2 Å². The van der Waals surface area contributed by atoms with Crippen molar-refractivity contribution in [2.45, 2.75) is 19.8 Å². The molecule has 3 rings (SSSR count). The summed E-state index contributed by atoms with van der Waals surface area (Å²) >= 11 is 0. The highest BCUT2D eigenvalue weighted by Gasteiger charge is 2.08. The molecule has 7 nitrogen and oxygen atoms in total. The Morgan fingerprint density at radius 1 is 1.17 bits per heavy atom. The summed E-state index contributed by atoms with van der Waals surface area (Å²) in [5.41, 5.74) is 6.57. The maximum atomic E-state index is 10.9. The molecule has 0 atom stereocenters. The summed E-state index contributed by atoms with van der Waals surface area (Å²) in [6.07, 6.45) is 8.15. The zero-order valence-corrected chi connectivity index (χ0v) is 16.8. The number of hydrogen-bond donors (Lipinski definition) is 2. The molecule has 0 radical (unpaired) electrons. The van der Waals surface area contributed by atoms with E-state index in [-0.39, 0.29) is 6.42 Å². The van der Waals surface area contributed by atoms with Gasteiger partial charge in [-0.15, -0.1) is 0 Å². The van der Waals surface area contributed by atoms with Crippen molar-refractivity contribution < 1.29 is 19.5 Å². The van der Waals surface area contributed by atoms with Gasteiger partial charge in [0.05, 0.1) is 12.1 Å². The molecule has 0 aliphatic rings. The Bertz CT molecular complexity index is 967. The van der Waals surface area contributed by atoms with Crippen LogP contribution in [0, 0.1) is 6.92 Å². The third-order valence-electron chi connectivity index (χ3n) is 4.51. The zero-order valence-electron chi connectivity index (χ0n) is 16.8. The van der Waals surface area contributed by atoms with E-state index < -0.39 is 5.97 Å². The molecular formula is C23H25N3O4. The van der Waals surface area contributed by atoms with Gasteiger partial charge in [-0.25, -0.2) is 4.68 Å². The van der Waals surface area contributed by atoms with Gasteiger partial charge in [0.25, 0.3) is 0 Å². The van der Waals surface area contributed by atoms with Crippen molar-refractivity contribution >= 4 is 5.97 Å². The summed E-state index contributed by atoms with van der Waals surface area (Å²) in [5.74, 6) is -0.185. The van der Waals surface area contributed by atoms with E-state index in [9.17, 15) is 4.79 Å². The molecule has 156 valence electrons. The first-order chi connectivity index (χ1) is 14.6. The van der Waals surface area contributed by atoms with Gasteiger partial charge in [-0.1, -0.05) is 30.3 Å². The van der Waals surface area contributed by atoms with Crippen LogP contribution in [0.5, 0.6) is 5.75 Å². The van der Waals surface area contributed by atoms with Crippen LogP contribution in [0.2, 0.25) is 0 Å². The van der Waals surface area contributed by atoms with Crippen LogP contribution in [0.4, 0.5) is 0 Å². The van der Waals surface area contributed by atoms with Gasteiger partial charge in [-0.2, -0.15) is 5.10 Å². The minimum atomic E-state index is -0.858. The molecule has 2 N–H and O–H groups in total. The number of hydroxylamine groups is 1. The SMILES string of the molecule is Cc1c(CC(=O)O)cccc1OCCONC=CCc1ccc(-n2cccn2)cc1. The molecule has 0 saturated carbocycles. The monoisotopic (exact) mass is 407 g/mol. The number of carboxylic acid groups (broad SMARTS) is 1. The minimum Gasteiger partial charge on any atom is -0.491 e. The van der Waals surface area contributed by atoms with Crippen molar-refractivity contribution in [3.05, 3.63) is 89.9 Å². The van der Waals surface area contributed by atoms with Gasteiger partial charge < -0.3 is 9.84 Å². The van der Waals surface area contributed by atoms with E-state index in [1.807, 2.05) is 48.1 Å². The molecule has 0 fully saturated rings. The van der Waals surface area contributed by atoms with Crippen molar-refractivity contribution in [3.8, 4) is 11.4 Å². The lowest BCUT2D eigenvalue weighted by atomic mass is 10.1. The summed E-state index contributed by atoms with van der Waals surface area (Å²) in [6.45, 7) is 2.57. The number of aliphatic carboxylic acids is 1. The third kappa shape index (κ3) is 6.22. The second-order valence-electron chi connectivity index (χ2n) is 6.65. The molecule has 0 saturated heterocycles. The molecule has 0 amide bonds. The van der Waals surface area contributed by atoms with Gasteiger partial charge in [0.1, 0.15) is 19.0 Å². The highest BCUT2D eigenvalue weighted by Crippen LogP contribution is 2.21. The lowest BCUT2D eigenvalue weighted by Gasteiger charge is -2.11. The first-order valence-corrected chi connectivity index (χ1v) is 9.68. The Hall–Kier alpha value is -3.58. The van der Waals surface area contributed by atoms with Crippen LogP contribution >= 0.6 is 0 Å². The van der Waals surface area contributed by atoms with Crippen LogP contribution in [0.3, 0.4) is 0 Å². The standard InChI is InChI=1S/C23H25N3O4/c1-18-20(17-23(27)28)6-2-7-22(18)29-15-16-30-25-13-3-5-19-8-10-21(11-9-19)26-14-4-12-24-26/h2-4,6-14,25H,5,15-17H2,1H3,(H,27,28). The quantitative estimate of drug-likeness (QED) is 0.374. The average Bonchev–Trinajstić information content (AvgIpc) is 3.27. The Kier molecular flexibility index (Phi) is 7.63. The number of rotatable bonds is 11. The lowest BCUT2D eigenvalue weighted by molar-refractivity contribution is -0.136. The number of allylic oxidation sites excluding steroid dienone is 1. The van der Waals surface area contributed by atoms with Crippen molar-refractivity contribution in [3.63, 3.8) is 0 Å². The Balaban J connectivity index is 1.34. The molecule has 0 aliphatic heterocycles. The molecule has 0 bridgehead atoms. The van der Waals surface area contributed by atoms with Crippen LogP contribution in [0.25, 0.3) is 5.69 Å². The van der Waals surface area contributed by atoms with Crippen LogP contribution in [-0.4, -0.2) is 34.1 Å². The second-order valence-corrected chi connectivity index (χ2v) is 6.65. The van der Waals surface area contributed by atoms with E-state index in [1.54, 1.807) is 24.5 Å². The van der Waals surface area contributed by atoms with Gasteiger partial charge in [0, 0.05) is 18.6 Å². The van der Waals surface area contributed by atoms with Crippen molar-refractivity contribution in [1.29, 1.82) is 0 Å². The predicted octanol–water partition coefficient (Wildman–Crippen LogP) is 3.46. The van der Waals surface area contributed by atoms with E-state index in [0.29, 0.717) is 19.0 Å². The van der Waals surface area contributed by atoms with Crippen LogP contribution in [-0.2, 0) is 22.5 Å². The van der Waals surface area contributed by atoms with Gasteiger partial charge >= 0.3 is 5.97 Å². The molecule has 3 aromatic rings. The number of carboxylic acids is 1. The predicted molar refractivity (Wildman–Crippen MR) is 114 cm³/mol. The van der Waals surface area contributed by atoms with Crippen LogP contribution in [0.1, 0.15) is 16.7 Å². The fraction of sp³-hybridized carbons (Fsp3) is 0.217. The maximum absolute atomic E-state index is 10.9. The van der Waals surface area contributed by atoms with Gasteiger partial charge in [0.15, 0.2) is 0 Å². The molecular weight excluding hydrogens is 382 g/mol. The Labute approximate surface area is 175 Å². The second kappa shape index (κ2) is 10.8. The summed E-state index contributed by atoms with van der Waals surface area (Å²) in [4.78, 5) is 16.2. The minimum absolute atomic E-state index is 0.0160. The van der Waals surface area contributed by atoms with E-state index in [4.69, 9.17) is 14.7 Å². The van der Waals surface area contributed by atoms with E-state index in [2.05, 4.69) is 22.7 Å². The van der Waals surface area contributed by atoms with E-state index in [0.717, 1.165) is 23.2 Å². The summed E-state index contributed by atoms with van der Waals surface area (Å²) in [7, 11) is 0. The van der Waals surface area contributed by atoms with Crippen molar-refractivity contribution in [2.24, 2.45) is 0 Å². The van der Waals surface area contributed by atoms with Crippen molar-refractivity contribution in [2.75, 3.05) is 13.2 Å². The first kappa shape index (κ1) is 21.1.